The van der Waals surface area contributed by atoms with Crippen LogP contribution in [0.2, 0.25) is 0 Å². The second-order valence-corrected chi connectivity index (χ2v) is 6.19. The van der Waals surface area contributed by atoms with Crippen LogP contribution in [0.3, 0.4) is 0 Å². The molecule has 1 aliphatic rings. The molecule has 20 heavy (non-hydrogen) atoms. The van der Waals surface area contributed by atoms with E-state index in [1.54, 1.807) is 12.3 Å². The Morgan fingerprint density at radius 3 is 3.00 bits per heavy atom. The van der Waals surface area contributed by atoms with Crippen molar-refractivity contribution in [3.8, 4) is 0 Å². The Bertz CT molecular complexity index is 773. The molecule has 0 spiro atoms. The average molecular weight is 298 g/mol. The number of nitrogens with zero attached hydrogens (tertiary/aromatic N) is 3. The molecule has 0 aliphatic carbocycles. The van der Waals surface area contributed by atoms with E-state index in [0.29, 0.717) is 11.3 Å². The Morgan fingerprint density at radius 1 is 1.45 bits per heavy atom. The molecule has 0 aromatic carbocycles. The van der Waals surface area contributed by atoms with E-state index in [-0.39, 0.29) is 18.9 Å². The third-order valence-electron chi connectivity index (χ3n) is 3.23. The normalized spacial score (nSPS) is 19.9. The van der Waals surface area contributed by atoms with Gasteiger partial charge in [-0.3, -0.25) is 9.89 Å². The van der Waals surface area contributed by atoms with E-state index in [0.717, 1.165) is 5.39 Å². The second-order valence-electron chi connectivity index (χ2n) is 4.78. The third-order valence-corrected chi connectivity index (χ3v) is 4.10. The minimum Gasteiger partial charge on any atom is -0.311 e. The topological polar surface area (TPSA) is 96.0 Å². The van der Waals surface area contributed by atoms with Gasteiger partial charge in [0.05, 0.1) is 23.8 Å². The fourth-order valence-electron chi connectivity index (χ4n) is 2.40. The van der Waals surface area contributed by atoms with Crippen LogP contribution in [0.5, 0.6) is 0 Å². The number of pyridine rings is 1. The summed E-state index contributed by atoms with van der Waals surface area (Å²) in [5, 5.41) is 7.27. The van der Waals surface area contributed by atoms with Crippen molar-refractivity contribution in [1.29, 1.82) is 0 Å². The van der Waals surface area contributed by atoms with Crippen LogP contribution in [0.4, 0.5) is 9.57 Å². The first-order valence-corrected chi connectivity index (χ1v) is 7.49. The van der Waals surface area contributed by atoms with Crippen molar-refractivity contribution in [2.75, 3.05) is 17.2 Å². The lowest BCUT2D eigenvalue weighted by atomic mass is 10.1. The minimum absolute atomic E-state index is 0.0204. The van der Waals surface area contributed by atoms with Crippen molar-refractivity contribution < 1.29 is 17.1 Å². The third kappa shape index (κ3) is 2.48. The van der Waals surface area contributed by atoms with E-state index in [1.165, 1.54) is 11.1 Å². The molecule has 0 radical (unpaired) electrons. The van der Waals surface area contributed by atoms with Gasteiger partial charge >= 0.3 is 10.2 Å². The minimum atomic E-state index is -4.57. The molecule has 9 heteroatoms. The number of amides is 1. The van der Waals surface area contributed by atoms with Crippen LogP contribution in [-0.2, 0) is 15.0 Å². The highest BCUT2D eigenvalue weighted by atomic mass is 32.3. The van der Waals surface area contributed by atoms with E-state index in [4.69, 9.17) is 0 Å². The zero-order valence-electron chi connectivity index (χ0n) is 10.3. The largest absolute Gasteiger partial charge is 0.311 e. The van der Waals surface area contributed by atoms with E-state index in [1.807, 2.05) is 0 Å². The van der Waals surface area contributed by atoms with Crippen molar-refractivity contribution in [3.63, 3.8) is 0 Å². The number of halogens is 1. The van der Waals surface area contributed by atoms with Gasteiger partial charge in [-0.05, 0) is 6.07 Å². The molecule has 2 aromatic heterocycles. The van der Waals surface area contributed by atoms with Crippen LogP contribution in [-0.4, -0.2) is 41.8 Å². The van der Waals surface area contributed by atoms with Crippen LogP contribution in [0, 0.1) is 5.92 Å². The number of rotatable bonds is 3. The molecular formula is C11H11FN4O3S. The summed E-state index contributed by atoms with van der Waals surface area (Å²) in [6, 6.07) is 1.73. The van der Waals surface area contributed by atoms with Crippen LogP contribution >= 0.6 is 0 Å². The number of aromatic nitrogens is 3. The van der Waals surface area contributed by atoms with Crippen LogP contribution in [0.15, 0.2) is 18.5 Å². The Labute approximate surface area is 114 Å². The van der Waals surface area contributed by atoms with Crippen molar-refractivity contribution in [1.82, 2.24) is 15.2 Å². The quantitative estimate of drug-likeness (QED) is 0.838. The Morgan fingerprint density at radius 2 is 2.25 bits per heavy atom. The Kier molecular flexibility index (Phi) is 2.93. The molecule has 1 aliphatic heterocycles. The standard InChI is InChI=1S/C11H11FN4O3S/c12-20(18,19)6-7-1-10(17)16(5-7)9-2-8-3-14-15-11(8)13-4-9/h2-4,7H,1,5-6H2,(H,13,14,15). The number of nitrogens with one attached hydrogen (secondary N) is 1. The number of fused-ring (bicyclic) bond motifs is 1. The maximum absolute atomic E-state index is 12.7. The molecule has 1 fully saturated rings. The van der Waals surface area contributed by atoms with Gasteiger partial charge in [0.1, 0.15) is 0 Å². The maximum Gasteiger partial charge on any atom is 0.302 e. The van der Waals surface area contributed by atoms with Crippen molar-refractivity contribution in [2.24, 2.45) is 5.92 Å². The van der Waals surface area contributed by atoms with Gasteiger partial charge in [-0.25, -0.2) is 4.98 Å². The smallest absolute Gasteiger partial charge is 0.302 e. The first-order chi connectivity index (χ1) is 9.42. The number of hydrogen-bond acceptors (Lipinski definition) is 5. The number of carbonyl (C=O) groups is 1. The highest BCUT2D eigenvalue weighted by Crippen LogP contribution is 2.27. The molecule has 0 saturated carbocycles. The summed E-state index contributed by atoms with van der Waals surface area (Å²) in [7, 11) is -4.57. The summed E-state index contributed by atoms with van der Waals surface area (Å²) in [5.41, 5.74) is 1.16. The van der Waals surface area contributed by atoms with Gasteiger partial charge in [-0.1, -0.05) is 0 Å². The molecule has 106 valence electrons. The zero-order valence-corrected chi connectivity index (χ0v) is 11.1. The first-order valence-electron chi connectivity index (χ1n) is 5.94. The molecule has 1 atom stereocenters. The number of aromatic amines is 1. The Hall–Kier alpha value is -2.03. The van der Waals surface area contributed by atoms with E-state index < -0.39 is 21.9 Å². The predicted molar refractivity (Wildman–Crippen MR) is 69.2 cm³/mol. The predicted octanol–water partition coefficient (Wildman–Crippen LogP) is 0.610. The molecule has 7 nitrogen and oxygen atoms in total. The van der Waals surface area contributed by atoms with Crippen LogP contribution < -0.4 is 4.90 Å². The highest BCUT2D eigenvalue weighted by molar-refractivity contribution is 7.86. The molecule has 0 bridgehead atoms. The molecule has 1 N–H and O–H groups in total. The van der Waals surface area contributed by atoms with E-state index in [9.17, 15) is 17.1 Å². The lowest BCUT2D eigenvalue weighted by Gasteiger charge is -2.15. The summed E-state index contributed by atoms with van der Waals surface area (Å²) in [6.07, 6.45) is 3.10. The molecule has 2 aromatic rings. The molecule has 3 rings (SSSR count). The van der Waals surface area contributed by atoms with Gasteiger partial charge in [0.25, 0.3) is 0 Å². The second kappa shape index (κ2) is 4.51. The van der Waals surface area contributed by atoms with Gasteiger partial charge in [0.15, 0.2) is 5.65 Å². The van der Waals surface area contributed by atoms with Gasteiger partial charge in [0, 0.05) is 24.3 Å². The lowest BCUT2D eigenvalue weighted by Crippen LogP contribution is -2.25. The summed E-state index contributed by atoms with van der Waals surface area (Å²) in [5.74, 6) is -1.39. The van der Waals surface area contributed by atoms with E-state index >= 15 is 0 Å². The number of carbonyl (C=O) groups excluding carboxylic acids is 1. The molecular weight excluding hydrogens is 287 g/mol. The van der Waals surface area contributed by atoms with Gasteiger partial charge < -0.3 is 4.90 Å². The maximum atomic E-state index is 12.7. The number of anilines is 1. The SMILES string of the molecule is O=C1CC(CS(=O)(=O)F)CN1c1cnc2[nH]ncc2c1. The van der Waals surface area contributed by atoms with Crippen molar-refractivity contribution in [2.45, 2.75) is 6.42 Å². The van der Waals surface area contributed by atoms with Gasteiger partial charge in [-0.15, -0.1) is 3.89 Å². The fourth-order valence-corrected chi connectivity index (χ4v) is 3.18. The summed E-state index contributed by atoms with van der Waals surface area (Å²) >= 11 is 0. The average Bonchev–Trinajstić information content (AvgIpc) is 2.92. The molecule has 1 amide bonds. The monoisotopic (exact) mass is 298 g/mol. The lowest BCUT2D eigenvalue weighted by molar-refractivity contribution is -0.117. The molecule has 1 unspecified atom stereocenters. The number of H-pyrrole nitrogens is 1. The Balaban J connectivity index is 1.85. The van der Waals surface area contributed by atoms with E-state index in [2.05, 4.69) is 15.2 Å². The zero-order chi connectivity index (χ0) is 14.3. The fraction of sp³-hybridized carbons (Fsp3) is 0.364. The van der Waals surface area contributed by atoms with Crippen molar-refractivity contribution in [3.05, 3.63) is 18.5 Å². The van der Waals surface area contributed by atoms with Gasteiger partial charge in [-0.2, -0.15) is 13.5 Å². The molecule has 1 saturated heterocycles. The van der Waals surface area contributed by atoms with Crippen molar-refractivity contribution >= 4 is 32.9 Å². The van der Waals surface area contributed by atoms with Gasteiger partial charge in [0.2, 0.25) is 5.91 Å². The van der Waals surface area contributed by atoms with Crippen LogP contribution in [0.25, 0.3) is 11.0 Å². The number of hydrogen-bond donors (Lipinski definition) is 1. The summed E-state index contributed by atoms with van der Waals surface area (Å²) in [4.78, 5) is 17.4. The highest BCUT2D eigenvalue weighted by Gasteiger charge is 2.33. The first kappa shape index (κ1) is 13.0. The summed E-state index contributed by atoms with van der Waals surface area (Å²) in [6.45, 7) is 0.174. The molecule has 3 heterocycles. The summed E-state index contributed by atoms with van der Waals surface area (Å²) < 4.78 is 34.0. The van der Waals surface area contributed by atoms with Crippen LogP contribution in [0.1, 0.15) is 6.42 Å².